The lowest BCUT2D eigenvalue weighted by molar-refractivity contribution is 0.602. The van der Waals surface area contributed by atoms with E-state index in [1.54, 1.807) is 19.2 Å². The Bertz CT molecular complexity index is 1080. The molecule has 0 amide bonds. The van der Waals surface area contributed by atoms with Crippen molar-refractivity contribution in [1.29, 1.82) is 0 Å². The lowest BCUT2D eigenvalue weighted by Gasteiger charge is -2.20. The second-order valence-corrected chi connectivity index (χ2v) is 9.54. The lowest BCUT2D eigenvalue weighted by Crippen LogP contribution is -2.39. The molecule has 0 spiro atoms. The highest BCUT2D eigenvalue weighted by molar-refractivity contribution is 7.90. The zero-order valence-corrected chi connectivity index (χ0v) is 18.8. The number of sulfone groups is 1. The maximum atomic E-state index is 11.6. The average Bonchev–Trinajstić information content (AvgIpc) is 2.79. The van der Waals surface area contributed by atoms with Crippen LogP contribution in [0.15, 0.2) is 94.8 Å². The molecule has 3 rings (SSSR count). The second-order valence-electron chi connectivity index (χ2n) is 7.52. The van der Waals surface area contributed by atoms with Gasteiger partial charge < -0.3 is 10.6 Å². The zero-order chi connectivity index (χ0) is 22.1. The number of guanidine groups is 1. The normalized spacial score (nSPS) is 12.9. The van der Waals surface area contributed by atoms with Gasteiger partial charge in [0.15, 0.2) is 15.8 Å². The lowest BCUT2D eigenvalue weighted by atomic mass is 9.92. The number of hydrogen-bond acceptors (Lipinski definition) is 3. The molecule has 0 fully saturated rings. The Morgan fingerprint density at radius 3 is 2.03 bits per heavy atom. The van der Waals surface area contributed by atoms with Crippen LogP contribution in [0, 0.1) is 0 Å². The number of aliphatic imine (C=N–C) groups is 1. The summed E-state index contributed by atoms with van der Waals surface area (Å²) in [6.45, 7) is 1.30. The van der Waals surface area contributed by atoms with Gasteiger partial charge in [-0.3, -0.25) is 4.99 Å². The molecular weight excluding hydrogens is 406 g/mol. The van der Waals surface area contributed by atoms with E-state index >= 15 is 0 Å². The Morgan fingerprint density at radius 1 is 0.839 bits per heavy atom. The van der Waals surface area contributed by atoms with Crippen LogP contribution >= 0.6 is 0 Å². The number of rotatable bonds is 8. The Kier molecular flexibility index (Phi) is 7.84. The summed E-state index contributed by atoms with van der Waals surface area (Å²) < 4.78 is 23.2. The van der Waals surface area contributed by atoms with Crippen LogP contribution in [0.5, 0.6) is 0 Å². The van der Waals surface area contributed by atoms with Gasteiger partial charge in [0.05, 0.1) is 4.90 Å². The first-order chi connectivity index (χ1) is 15.0. The van der Waals surface area contributed by atoms with Crippen LogP contribution in [-0.4, -0.2) is 34.2 Å². The van der Waals surface area contributed by atoms with E-state index in [2.05, 4.69) is 64.2 Å². The standard InChI is InChI=1S/C25H29N3O2S/c1-26-25(27-18-21-13-15-24(16-14-21)31(2,29)30)28-19-23(22-11-7-4-8-12-22)17-20-9-5-3-6-10-20/h3-16,23H,17-19H2,1-2H3,(H2,26,27,28). The van der Waals surface area contributed by atoms with E-state index in [0.717, 1.165) is 18.5 Å². The molecule has 0 aliphatic heterocycles. The zero-order valence-electron chi connectivity index (χ0n) is 18.0. The molecule has 1 unspecified atom stereocenters. The highest BCUT2D eigenvalue weighted by Gasteiger charge is 2.13. The van der Waals surface area contributed by atoms with Crippen molar-refractivity contribution in [2.45, 2.75) is 23.8 Å². The predicted molar refractivity (Wildman–Crippen MR) is 127 cm³/mol. The summed E-state index contributed by atoms with van der Waals surface area (Å²) in [4.78, 5) is 4.66. The molecule has 2 N–H and O–H groups in total. The molecule has 3 aromatic rings. The molecule has 162 valence electrons. The first-order valence-electron chi connectivity index (χ1n) is 10.3. The van der Waals surface area contributed by atoms with Crippen LogP contribution < -0.4 is 10.6 Å². The minimum atomic E-state index is -3.18. The summed E-state index contributed by atoms with van der Waals surface area (Å²) in [7, 11) is -1.44. The van der Waals surface area contributed by atoms with Gasteiger partial charge in [-0.25, -0.2) is 8.42 Å². The van der Waals surface area contributed by atoms with Gasteiger partial charge in [0.25, 0.3) is 0 Å². The van der Waals surface area contributed by atoms with E-state index in [1.807, 2.05) is 24.3 Å². The molecule has 0 saturated heterocycles. The van der Waals surface area contributed by atoms with Gasteiger partial charge >= 0.3 is 0 Å². The van der Waals surface area contributed by atoms with E-state index in [0.29, 0.717) is 23.3 Å². The smallest absolute Gasteiger partial charge is 0.191 e. The summed E-state index contributed by atoms with van der Waals surface area (Å²) in [6.07, 6.45) is 2.15. The summed E-state index contributed by atoms with van der Waals surface area (Å²) in [5, 5.41) is 6.74. The molecule has 0 radical (unpaired) electrons. The Labute approximate surface area is 185 Å². The van der Waals surface area contributed by atoms with Gasteiger partial charge in [0.1, 0.15) is 0 Å². The van der Waals surface area contributed by atoms with Crippen molar-refractivity contribution in [3.63, 3.8) is 0 Å². The van der Waals surface area contributed by atoms with Gasteiger partial charge in [-0.2, -0.15) is 0 Å². The maximum Gasteiger partial charge on any atom is 0.191 e. The second kappa shape index (κ2) is 10.8. The van der Waals surface area contributed by atoms with Crippen LogP contribution in [0.3, 0.4) is 0 Å². The monoisotopic (exact) mass is 435 g/mol. The van der Waals surface area contributed by atoms with Crippen molar-refractivity contribution < 1.29 is 8.42 Å². The van der Waals surface area contributed by atoms with Crippen LogP contribution in [0.1, 0.15) is 22.6 Å². The molecular formula is C25H29N3O2S. The van der Waals surface area contributed by atoms with Gasteiger partial charge in [-0.15, -0.1) is 0 Å². The Hall–Kier alpha value is -3.12. The van der Waals surface area contributed by atoms with E-state index in [9.17, 15) is 8.42 Å². The Morgan fingerprint density at radius 2 is 1.45 bits per heavy atom. The highest BCUT2D eigenvalue weighted by atomic mass is 32.2. The SMILES string of the molecule is CN=C(NCc1ccc(S(C)(=O)=O)cc1)NCC(Cc1ccccc1)c1ccccc1. The molecule has 0 aromatic heterocycles. The third-order valence-electron chi connectivity index (χ3n) is 5.15. The number of nitrogens with one attached hydrogen (secondary N) is 2. The van der Waals surface area contributed by atoms with Gasteiger partial charge in [0.2, 0.25) is 0 Å². The third-order valence-corrected chi connectivity index (χ3v) is 6.28. The molecule has 5 nitrogen and oxygen atoms in total. The molecule has 0 saturated carbocycles. The molecule has 0 aliphatic carbocycles. The van der Waals surface area contributed by atoms with Crippen molar-refractivity contribution in [2.75, 3.05) is 19.8 Å². The van der Waals surface area contributed by atoms with Crippen LogP contribution in [0.25, 0.3) is 0 Å². The summed E-state index contributed by atoms with van der Waals surface area (Å²) in [5.74, 6) is 1.01. The van der Waals surface area contributed by atoms with Crippen LogP contribution in [-0.2, 0) is 22.8 Å². The topological polar surface area (TPSA) is 70.6 Å². The average molecular weight is 436 g/mol. The van der Waals surface area contributed by atoms with E-state index < -0.39 is 9.84 Å². The largest absolute Gasteiger partial charge is 0.356 e. The predicted octanol–water partition coefficient (Wildman–Crippen LogP) is 3.78. The summed E-state index contributed by atoms with van der Waals surface area (Å²) in [5.41, 5.74) is 3.57. The number of nitrogens with zero attached hydrogens (tertiary/aromatic N) is 1. The minimum absolute atomic E-state index is 0.302. The van der Waals surface area contributed by atoms with E-state index in [-0.39, 0.29) is 0 Å². The fourth-order valence-corrected chi connectivity index (χ4v) is 4.04. The van der Waals surface area contributed by atoms with Crippen molar-refractivity contribution in [1.82, 2.24) is 10.6 Å². The molecule has 1 atom stereocenters. The Balaban J connectivity index is 1.61. The van der Waals surface area contributed by atoms with Crippen molar-refractivity contribution >= 4 is 15.8 Å². The third kappa shape index (κ3) is 6.96. The van der Waals surface area contributed by atoms with Crippen molar-refractivity contribution in [3.05, 3.63) is 102 Å². The molecule has 0 heterocycles. The van der Waals surface area contributed by atoms with Crippen LogP contribution in [0.2, 0.25) is 0 Å². The van der Waals surface area contributed by atoms with Crippen molar-refractivity contribution in [3.8, 4) is 0 Å². The maximum absolute atomic E-state index is 11.6. The molecule has 3 aromatic carbocycles. The molecule has 0 aliphatic rings. The van der Waals surface area contributed by atoms with Gasteiger partial charge in [-0.1, -0.05) is 72.8 Å². The van der Waals surface area contributed by atoms with Crippen LogP contribution in [0.4, 0.5) is 0 Å². The summed E-state index contributed by atoms with van der Waals surface area (Å²) >= 11 is 0. The van der Waals surface area contributed by atoms with Gasteiger partial charge in [0, 0.05) is 32.3 Å². The van der Waals surface area contributed by atoms with Crippen molar-refractivity contribution in [2.24, 2.45) is 4.99 Å². The van der Waals surface area contributed by atoms with Gasteiger partial charge in [-0.05, 0) is 35.2 Å². The molecule has 31 heavy (non-hydrogen) atoms. The van der Waals surface area contributed by atoms with E-state index in [4.69, 9.17) is 0 Å². The molecule has 6 heteroatoms. The fourth-order valence-electron chi connectivity index (χ4n) is 3.41. The fraction of sp³-hybridized carbons (Fsp3) is 0.240. The first-order valence-corrected chi connectivity index (χ1v) is 12.2. The number of benzene rings is 3. The highest BCUT2D eigenvalue weighted by Crippen LogP contribution is 2.20. The first kappa shape index (κ1) is 22.6. The number of hydrogen-bond donors (Lipinski definition) is 2. The quantitative estimate of drug-likeness (QED) is 0.417. The van der Waals surface area contributed by atoms with E-state index in [1.165, 1.54) is 17.4 Å². The summed E-state index contributed by atoms with van der Waals surface area (Å²) in [6, 6.07) is 27.9. The minimum Gasteiger partial charge on any atom is -0.356 e. The molecule has 0 bridgehead atoms.